The zero-order chi connectivity index (χ0) is 9.68. The maximum absolute atomic E-state index is 4.03. The van der Waals surface area contributed by atoms with Gasteiger partial charge in [-0.3, -0.25) is 4.68 Å². The van der Waals surface area contributed by atoms with Crippen LogP contribution in [0.2, 0.25) is 0 Å². The monoisotopic (exact) mass is 182 g/mol. The molecular weight excluding hydrogens is 164 g/mol. The first-order chi connectivity index (χ1) is 6.22. The van der Waals surface area contributed by atoms with Crippen molar-refractivity contribution in [2.45, 2.75) is 19.8 Å². The van der Waals surface area contributed by atoms with Crippen LogP contribution in [0.5, 0.6) is 0 Å². The van der Waals surface area contributed by atoms with E-state index in [9.17, 15) is 0 Å². The lowest BCUT2D eigenvalue weighted by Gasteiger charge is -2.12. The summed E-state index contributed by atoms with van der Waals surface area (Å²) < 4.78 is 1.75. The maximum Gasteiger partial charge on any atom is 0.0827 e. The second kappa shape index (κ2) is 4.97. The summed E-state index contributed by atoms with van der Waals surface area (Å²) >= 11 is 0. The molecule has 0 radical (unpaired) electrons. The average molecular weight is 182 g/mol. The van der Waals surface area contributed by atoms with Crippen molar-refractivity contribution in [3.63, 3.8) is 0 Å². The SMILES string of the molecule is CCN(C)CCCc1cn(C)nn1. The van der Waals surface area contributed by atoms with Crippen molar-refractivity contribution in [2.24, 2.45) is 7.05 Å². The third-order valence-corrected chi connectivity index (χ3v) is 2.16. The van der Waals surface area contributed by atoms with Crippen LogP contribution >= 0.6 is 0 Å². The van der Waals surface area contributed by atoms with E-state index in [1.165, 1.54) is 0 Å². The van der Waals surface area contributed by atoms with Crippen molar-refractivity contribution >= 4 is 0 Å². The largest absolute Gasteiger partial charge is 0.307 e. The third-order valence-electron chi connectivity index (χ3n) is 2.16. The molecule has 0 unspecified atom stereocenters. The maximum atomic E-state index is 4.03. The quantitative estimate of drug-likeness (QED) is 0.672. The summed E-state index contributed by atoms with van der Waals surface area (Å²) in [6.07, 6.45) is 4.16. The molecule has 0 saturated heterocycles. The normalized spacial score (nSPS) is 11.1. The molecule has 0 aliphatic heterocycles. The van der Waals surface area contributed by atoms with Crippen molar-refractivity contribution in [2.75, 3.05) is 20.1 Å². The van der Waals surface area contributed by atoms with Gasteiger partial charge in [0, 0.05) is 13.2 Å². The van der Waals surface area contributed by atoms with Crippen molar-refractivity contribution in [3.05, 3.63) is 11.9 Å². The highest BCUT2D eigenvalue weighted by atomic mass is 15.4. The first-order valence-electron chi connectivity index (χ1n) is 4.76. The van der Waals surface area contributed by atoms with Gasteiger partial charge in [-0.25, -0.2) is 0 Å². The van der Waals surface area contributed by atoms with Gasteiger partial charge in [-0.1, -0.05) is 12.1 Å². The van der Waals surface area contributed by atoms with E-state index >= 15 is 0 Å². The predicted molar refractivity (Wildman–Crippen MR) is 52.5 cm³/mol. The fourth-order valence-corrected chi connectivity index (χ4v) is 1.20. The van der Waals surface area contributed by atoms with Crippen LogP contribution in [-0.4, -0.2) is 40.0 Å². The van der Waals surface area contributed by atoms with E-state index < -0.39 is 0 Å². The molecule has 0 bridgehead atoms. The number of nitrogens with zero attached hydrogens (tertiary/aromatic N) is 4. The van der Waals surface area contributed by atoms with Crippen molar-refractivity contribution < 1.29 is 0 Å². The Morgan fingerprint density at radius 3 is 2.85 bits per heavy atom. The second-order valence-corrected chi connectivity index (χ2v) is 3.38. The molecule has 0 spiro atoms. The molecule has 0 N–H and O–H groups in total. The molecule has 0 aromatic carbocycles. The standard InChI is InChI=1S/C9H18N4/c1-4-12(2)7-5-6-9-8-13(3)11-10-9/h8H,4-7H2,1-3H3. The average Bonchev–Trinajstić information content (AvgIpc) is 2.51. The third kappa shape index (κ3) is 3.55. The van der Waals surface area contributed by atoms with E-state index in [1.807, 2.05) is 13.2 Å². The van der Waals surface area contributed by atoms with E-state index in [0.29, 0.717) is 0 Å². The molecule has 0 amide bonds. The zero-order valence-corrected chi connectivity index (χ0v) is 8.69. The van der Waals surface area contributed by atoms with Gasteiger partial charge in [0.05, 0.1) is 5.69 Å². The van der Waals surface area contributed by atoms with Gasteiger partial charge in [0.25, 0.3) is 0 Å². The lowest BCUT2D eigenvalue weighted by atomic mass is 10.2. The first-order valence-corrected chi connectivity index (χ1v) is 4.76. The molecule has 0 saturated carbocycles. The Morgan fingerprint density at radius 1 is 1.54 bits per heavy atom. The van der Waals surface area contributed by atoms with Gasteiger partial charge in [0.1, 0.15) is 0 Å². The molecule has 74 valence electrons. The molecule has 13 heavy (non-hydrogen) atoms. The van der Waals surface area contributed by atoms with E-state index in [4.69, 9.17) is 0 Å². The molecule has 0 aliphatic carbocycles. The van der Waals surface area contributed by atoms with E-state index in [1.54, 1.807) is 4.68 Å². The van der Waals surface area contributed by atoms with Gasteiger partial charge in [0.2, 0.25) is 0 Å². The topological polar surface area (TPSA) is 34.0 Å². The number of rotatable bonds is 5. The lowest BCUT2D eigenvalue weighted by Crippen LogP contribution is -2.19. The van der Waals surface area contributed by atoms with Gasteiger partial charge in [-0.05, 0) is 33.0 Å². The van der Waals surface area contributed by atoms with Crippen LogP contribution < -0.4 is 0 Å². The van der Waals surface area contributed by atoms with Crippen LogP contribution in [0.25, 0.3) is 0 Å². The smallest absolute Gasteiger partial charge is 0.0827 e. The number of aryl methyl sites for hydroxylation is 2. The van der Waals surface area contributed by atoms with E-state index in [0.717, 1.165) is 31.6 Å². The van der Waals surface area contributed by atoms with Crippen LogP contribution in [0, 0.1) is 0 Å². The fourth-order valence-electron chi connectivity index (χ4n) is 1.20. The minimum atomic E-state index is 1.03. The molecule has 4 heteroatoms. The van der Waals surface area contributed by atoms with Crippen LogP contribution in [0.15, 0.2) is 6.20 Å². The van der Waals surface area contributed by atoms with Gasteiger partial charge in [-0.2, -0.15) is 0 Å². The summed E-state index contributed by atoms with van der Waals surface area (Å²) in [4.78, 5) is 2.30. The van der Waals surface area contributed by atoms with Gasteiger partial charge >= 0.3 is 0 Å². The van der Waals surface area contributed by atoms with Crippen LogP contribution in [0.1, 0.15) is 19.0 Å². The van der Waals surface area contributed by atoms with Gasteiger partial charge in [0.15, 0.2) is 0 Å². The molecule has 1 aromatic rings. The Bertz CT molecular complexity index is 244. The summed E-state index contributed by atoms with van der Waals surface area (Å²) in [5.74, 6) is 0. The minimum Gasteiger partial charge on any atom is -0.307 e. The van der Waals surface area contributed by atoms with E-state index in [-0.39, 0.29) is 0 Å². The van der Waals surface area contributed by atoms with Crippen LogP contribution in [-0.2, 0) is 13.5 Å². The Labute approximate surface area is 79.5 Å². The predicted octanol–water partition coefficient (Wildman–Crippen LogP) is 0.699. The molecular formula is C9H18N4. The van der Waals surface area contributed by atoms with E-state index in [2.05, 4.69) is 29.2 Å². The minimum absolute atomic E-state index is 1.03. The Kier molecular flexibility index (Phi) is 3.89. The summed E-state index contributed by atoms with van der Waals surface area (Å²) in [6.45, 7) is 4.41. The molecule has 1 heterocycles. The summed E-state index contributed by atoms with van der Waals surface area (Å²) in [5.41, 5.74) is 1.09. The molecule has 0 aliphatic rings. The second-order valence-electron chi connectivity index (χ2n) is 3.38. The number of hydrogen-bond donors (Lipinski definition) is 0. The van der Waals surface area contributed by atoms with Crippen molar-refractivity contribution in [3.8, 4) is 0 Å². The highest BCUT2D eigenvalue weighted by molar-refractivity contribution is 4.91. The lowest BCUT2D eigenvalue weighted by molar-refractivity contribution is 0.347. The molecule has 1 rings (SSSR count). The number of aromatic nitrogens is 3. The van der Waals surface area contributed by atoms with Crippen molar-refractivity contribution in [1.82, 2.24) is 19.9 Å². The Hall–Kier alpha value is -0.900. The van der Waals surface area contributed by atoms with Crippen LogP contribution in [0.3, 0.4) is 0 Å². The Balaban J connectivity index is 2.20. The van der Waals surface area contributed by atoms with Crippen molar-refractivity contribution in [1.29, 1.82) is 0 Å². The molecule has 4 nitrogen and oxygen atoms in total. The molecule has 1 aromatic heterocycles. The van der Waals surface area contributed by atoms with Crippen LogP contribution in [0.4, 0.5) is 0 Å². The number of hydrogen-bond acceptors (Lipinski definition) is 3. The van der Waals surface area contributed by atoms with Gasteiger partial charge < -0.3 is 4.90 Å². The van der Waals surface area contributed by atoms with Gasteiger partial charge in [-0.15, -0.1) is 5.10 Å². The summed E-state index contributed by atoms with van der Waals surface area (Å²) in [5, 5.41) is 7.92. The summed E-state index contributed by atoms with van der Waals surface area (Å²) in [7, 11) is 4.03. The molecule has 0 atom stereocenters. The highest BCUT2D eigenvalue weighted by Gasteiger charge is 1.99. The Morgan fingerprint density at radius 2 is 2.31 bits per heavy atom. The highest BCUT2D eigenvalue weighted by Crippen LogP contribution is 1.97. The fraction of sp³-hybridized carbons (Fsp3) is 0.778. The zero-order valence-electron chi connectivity index (χ0n) is 8.69. The first kappa shape index (κ1) is 10.2. The molecule has 0 fully saturated rings. The summed E-state index contributed by atoms with van der Waals surface area (Å²) in [6, 6.07) is 0.